The topological polar surface area (TPSA) is 38.9 Å². The maximum Gasteiger partial charge on any atom is 0.0577 e. The van der Waals surface area contributed by atoms with Crippen molar-refractivity contribution in [1.29, 1.82) is 0 Å². The zero-order valence-electron chi connectivity index (χ0n) is 9.45. The minimum atomic E-state index is 0.144. The standard InChI is InChI=1S/C13H20N2/c1-10-6-5-9-12(15-10)13(14)11-7-3-2-4-8-11/h5-6,9,11,13H,2-4,7-8,14H2,1H3. The normalized spacial score (nSPS) is 20.1. The van der Waals surface area contributed by atoms with Crippen LogP contribution < -0.4 is 5.73 Å². The summed E-state index contributed by atoms with van der Waals surface area (Å²) in [4.78, 5) is 4.52. The molecule has 1 aliphatic carbocycles. The third-order valence-corrected chi connectivity index (χ3v) is 3.41. The van der Waals surface area contributed by atoms with Gasteiger partial charge in [0, 0.05) is 11.7 Å². The molecule has 1 unspecified atom stereocenters. The molecule has 0 saturated heterocycles. The predicted octanol–water partition coefficient (Wildman–Crippen LogP) is 2.97. The number of aryl methyl sites for hydroxylation is 1. The monoisotopic (exact) mass is 204 g/mol. The summed E-state index contributed by atoms with van der Waals surface area (Å²) in [5.41, 5.74) is 8.42. The van der Waals surface area contributed by atoms with E-state index in [-0.39, 0.29) is 6.04 Å². The van der Waals surface area contributed by atoms with Crippen LogP contribution in [0.5, 0.6) is 0 Å². The van der Waals surface area contributed by atoms with Gasteiger partial charge in [-0.15, -0.1) is 0 Å². The summed E-state index contributed by atoms with van der Waals surface area (Å²) in [6.45, 7) is 2.02. The van der Waals surface area contributed by atoms with Gasteiger partial charge in [-0.1, -0.05) is 25.3 Å². The van der Waals surface area contributed by atoms with Crippen molar-refractivity contribution in [2.75, 3.05) is 0 Å². The first-order chi connectivity index (χ1) is 7.27. The molecule has 2 rings (SSSR count). The zero-order valence-corrected chi connectivity index (χ0v) is 9.45. The minimum absolute atomic E-state index is 0.144. The van der Waals surface area contributed by atoms with E-state index >= 15 is 0 Å². The number of nitrogens with two attached hydrogens (primary N) is 1. The number of hydrogen-bond acceptors (Lipinski definition) is 2. The molecule has 1 fully saturated rings. The van der Waals surface area contributed by atoms with Gasteiger partial charge in [0.2, 0.25) is 0 Å². The lowest BCUT2D eigenvalue weighted by molar-refractivity contribution is 0.304. The van der Waals surface area contributed by atoms with Crippen molar-refractivity contribution in [3.8, 4) is 0 Å². The van der Waals surface area contributed by atoms with Crippen molar-refractivity contribution >= 4 is 0 Å². The molecule has 1 aliphatic rings. The van der Waals surface area contributed by atoms with E-state index in [0.29, 0.717) is 5.92 Å². The van der Waals surface area contributed by atoms with E-state index in [0.717, 1.165) is 11.4 Å². The first kappa shape index (κ1) is 10.6. The van der Waals surface area contributed by atoms with Crippen LogP contribution in [0.1, 0.15) is 49.5 Å². The molecular formula is C13H20N2. The van der Waals surface area contributed by atoms with Crippen molar-refractivity contribution < 1.29 is 0 Å². The Labute approximate surface area is 91.9 Å². The van der Waals surface area contributed by atoms with Gasteiger partial charge in [0.15, 0.2) is 0 Å². The first-order valence-corrected chi connectivity index (χ1v) is 5.96. The Bertz CT molecular complexity index is 316. The number of aromatic nitrogens is 1. The van der Waals surface area contributed by atoms with Crippen LogP contribution in [0.3, 0.4) is 0 Å². The van der Waals surface area contributed by atoms with Crippen molar-refractivity contribution in [2.24, 2.45) is 11.7 Å². The number of hydrogen-bond donors (Lipinski definition) is 1. The Kier molecular flexibility index (Phi) is 3.37. The summed E-state index contributed by atoms with van der Waals surface area (Å²) in [5, 5.41) is 0. The predicted molar refractivity (Wildman–Crippen MR) is 62.5 cm³/mol. The van der Waals surface area contributed by atoms with E-state index in [1.807, 2.05) is 13.0 Å². The molecule has 82 valence electrons. The van der Waals surface area contributed by atoms with E-state index in [9.17, 15) is 0 Å². The molecule has 0 radical (unpaired) electrons. The van der Waals surface area contributed by atoms with Crippen molar-refractivity contribution in [2.45, 2.75) is 45.1 Å². The summed E-state index contributed by atoms with van der Waals surface area (Å²) in [6.07, 6.45) is 6.60. The Balaban J connectivity index is 2.08. The zero-order chi connectivity index (χ0) is 10.7. The largest absolute Gasteiger partial charge is 0.322 e. The third-order valence-electron chi connectivity index (χ3n) is 3.41. The highest BCUT2D eigenvalue weighted by Gasteiger charge is 2.22. The van der Waals surface area contributed by atoms with Crippen LogP contribution in [0.4, 0.5) is 0 Å². The molecule has 0 spiro atoms. The van der Waals surface area contributed by atoms with Crippen LogP contribution in [-0.4, -0.2) is 4.98 Å². The van der Waals surface area contributed by atoms with Crippen LogP contribution in [0, 0.1) is 12.8 Å². The lowest BCUT2D eigenvalue weighted by atomic mass is 9.83. The van der Waals surface area contributed by atoms with Crippen molar-refractivity contribution in [1.82, 2.24) is 4.98 Å². The molecule has 1 aromatic heterocycles. The molecule has 0 aliphatic heterocycles. The molecule has 1 saturated carbocycles. The lowest BCUT2D eigenvalue weighted by Gasteiger charge is -2.27. The Morgan fingerprint density at radius 3 is 2.67 bits per heavy atom. The summed E-state index contributed by atoms with van der Waals surface area (Å²) >= 11 is 0. The average molecular weight is 204 g/mol. The fourth-order valence-electron chi connectivity index (χ4n) is 2.48. The molecular weight excluding hydrogens is 184 g/mol. The molecule has 15 heavy (non-hydrogen) atoms. The van der Waals surface area contributed by atoms with Crippen LogP contribution in [0.15, 0.2) is 18.2 Å². The first-order valence-electron chi connectivity index (χ1n) is 5.96. The maximum absolute atomic E-state index is 6.28. The van der Waals surface area contributed by atoms with Gasteiger partial charge in [-0.05, 0) is 37.8 Å². The number of pyridine rings is 1. The van der Waals surface area contributed by atoms with E-state index < -0.39 is 0 Å². The molecule has 0 aromatic carbocycles. The minimum Gasteiger partial charge on any atom is -0.322 e. The maximum atomic E-state index is 6.28. The Morgan fingerprint density at radius 1 is 1.27 bits per heavy atom. The van der Waals surface area contributed by atoms with Crippen LogP contribution in [-0.2, 0) is 0 Å². The molecule has 1 heterocycles. The molecule has 0 bridgehead atoms. The molecule has 0 amide bonds. The second-order valence-corrected chi connectivity index (χ2v) is 4.63. The van der Waals surface area contributed by atoms with Gasteiger partial charge in [-0.25, -0.2) is 0 Å². The van der Waals surface area contributed by atoms with Crippen LogP contribution in [0.2, 0.25) is 0 Å². The van der Waals surface area contributed by atoms with Crippen LogP contribution >= 0.6 is 0 Å². The second-order valence-electron chi connectivity index (χ2n) is 4.63. The lowest BCUT2D eigenvalue weighted by Crippen LogP contribution is -2.24. The van der Waals surface area contributed by atoms with Crippen molar-refractivity contribution in [3.05, 3.63) is 29.6 Å². The number of rotatable bonds is 2. The number of nitrogens with zero attached hydrogens (tertiary/aromatic N) is 1. The van der Waals surface area contributed by atoms with Gasteiger partial charge in [0.25, 0.3) is 0 Å². The highest BCUT2D eigenvalue weighted by molar-refractivity contribution is 5.14. The summed E-state index contributed by atoms with van der Waals surface area (Å²) in [6, 6.07) is 6.29. The molecule has 2 nitrogen and oxygen atoms in total. The summed E-state index contributed by atoms with van der Waals surface area (Å²) in [7, 11) is 0. The highest BCUT2D eigenvalue weighted by atomic mass is 14.8. The van der Waals surface area contributed by atoms with Gasteiger partial charge < -0.3 is 5.73 Å². The Morgan fingerprint density at radius 2 is 2.00 bits per heavy atom. The smallest absolute Gasteiger partial charge is 0.0577 e. The molecule has 2 heteroatoms. The van der Waals surface area contributed by atoms with Gasteiger partial charge in [-0.3, -0.25) is 4.98 Å². The highest BCUT2D eigenvalue weighted by Crippen LogP contribution is 2.32. The summed E-state index contributed by atoms with van der Waals surface area (Å²) < 4.78 is 0. The van der Waals surface area contributed by atoms with E-state index in [2.05, 4.69) is 17.1 Å². The fourth-order valence-corrected chi connectivity index (χ4v) is 2.48. The van der Waals surface area contributed by atoms with Gasteiger partial charge in [0.05, 0.1) is 5.69 Å². The molecule has 2 N–H and O–H groups in total. The molecule has 1 aromatic rings. The van der Waals surface area contributed by atoms with E-state index in [4.69, 9.17) is 5.73 Å². The van der Waals surface area contributed by atoms with Crippen LogP contribution in [0.25, 0.3) is 0 Å². The van der Waals surface area contributed by atoms with E-state index in [1.54, 1.807) is 0 Å². The fraction of sp³-hybridized carbons (Fsp3) is 0.615. The quantitative estimate of drug-likeness (QED) is 0.804. The third kappa shape index (κ3) is 2.57. The summed E-state index contributed by atoms with van der Waals surface area (Å²) in [5.74, 6) is 0.646. The van der Waals surface area contributed by atoms with E-state index in [1.165, 1.54) is 32.1 Å². The Hall–Kier alpha value is -0.890. The average Bonchev–Trinajstić information content (AvgIpc) is 2.29. The SMILES string of the molecule is Cc1cccc(C(N)C2CCCCC2)n1. The van der Waals surface area contributed by atoms with Gasteiger partial charge in [0.1, 0.15) is 0 Å². The van der Waals surface area contributed by atoms with Gasteiger partial charge in [-0.2, -0.15) is 0 Å². The second kappa shape index (κ2) is 4.75. The van der Waals surface area contributed by atoms with Gasteiger partial charge >= 0.3 is 0 Å². The molecule has 1 atom stereocenters. The van der Waals surface area contributed by atoms with Crippen molar-refractivity contribution in [3.63, 3.8) is 0 Å².